The molecule has 0 heterocycles. The van der Waals surface area contributed by atoms with Crippen LogP contribution in [-0.2, 0) is 11.8 Å². The van der Waals surface area contributed by atoms with Crippen molar-refractivity contribution in [1.82, 2.24) is 0 Å². The maximum absolute atomic E-state index is 9.91. The summed E-state index contributed by atoms with van der Waals surface area (Å²) in [6.45, 7) is 3.94. The highest BCUT2D eigenvalue weighted by molar-refractivity contribution is 5.36. The molecule has 2 heteroatoms. The van der Waals surface area contributed by atoms with Gasteiger partial charge in [0.1, 0.15) is 0 Å². The van der Waals surface area contributed by atoms with E-state index >= 15 is 0 Å². The zero-order chi connectivity index (χ0) is 14.6. The van der Waals surface area contributed by atoms with Crippen molar-refractivity contribution in [2.24, 2.45) is 0 Å². The van der Waals surface area contributed by atoms with E-state index in [-0.39, 0.29) is 13.2 Å². The van der Waals surface area contributed by atoms with Gasteiger partial charge in [0.25, 0.3) is 0 Å². The molecule has 20 heavy (non-hydrogen) atoms. The van der Waals surface area contributed by atoms with Crippen LogP contribution in [0.5, 0.6) is 0 Å². The Balaban J connectivity index is 2.39. The van der Waals surface area contributed by atoms with Crippen molar-refractivity contribution in [3.05, 3.63) is 70.8 Å². The Morgan fingerprint density at radius 2 is 1.45 bits per heavy atom. The first-order valence-electron chi connectivity index (χ1n) is 6.95. The molecule has 0 amide bonds. The van der Waals surface area contributed by atoms with Crippen LogP contribution in [0.2, 0.25) is 0 Å². The highest BCUT2D eigenvalue weighted by Crippen LogP contribution is 2.30. The van der Waals surface area contributed by atoms with Gasteiger partial charge in [-0.15, -0.1) is 0 Å². The predicted molar refractivity (Wildman–Crippen MR) is 81.9 cm³/mol. The van der Waals surface area contributed by atoms with Gasteiger partial charge in [-0.25, -0.2) is 0 Å². The van der Waals surface area contributed by atoms with E-state index in [1.54, 1.807) is 0 Å². The van der Waals surface area contributed by atoms with Crippen LogP contribution in [0, 0.1) is 13.8 Å². The van der Waals surface area contributed by atoms with Gasteiger partial charge in [0.15, 0.2) is 0 Å². The quantitative estimate of drug-likeness (QED) is 0.877. The second kappa shape index (κ2) is 6.21. The van der Waals surface area contributed by atoms with Gasteiger partial charge in [0.2, 0.25) is 0 Å². The number of benzene rings is 2. The number of aryl methyl sites for hydroxylation is 2. The number of hydrogen-bond acceptors (Lipinski definition) is 2. The summed E-state index contributed by atoms with van der Waals surface area (Å²) in [6.07, 6.45) is 0.630. The van der Waals surface area contributed by atoms with E-state index in [0.29, 0.717) is 6.42 Å². The van der Waals surface area contributed by atoms with E-state index in [0.717, 1.165) is 16.7 Å². The SMILES string of the molecule is Cc1ccc(CC(CO)(CO)c2ccccc2C)cc1. The first-order chi connectivity index (χ1) is 9.61. The minimum absolute atomic E-state index is 0.0672. The van der Waals surface area contributed by atoms with Crippen LogP contribution in [0.4, 0.5) is 0 Å². The number of aliphatic hydroxyl groups is 2. The van der Waals surface area contributed by atoms with Crippen LogP contribution in [0.3, 0.4) is 0 Å². The standard InChI is InChI=1S/C18H22O2/c1-14-7-9-16(10-8-14)11-18(12-19,13-20)17-6-4-3-5-15(17)2/h3-10,19-20H,11-13H2,1-2H3. The molecule has 0 aliphatic heterocycles. The summed E-state index contributed by atoms with van der Waals surface area (Å²) in [7, 11) is 0. The molecule has 2 rings (SSSR count). The second-order valence-corrected chi connectivity index (χ2v) is 5.57. The Hall–Kier alpha value is -1.64. The molecule has 2 aromatic rings. The molecule has 0 aliphatic carbocycles. The number of aliphatic hydroxyl groups excluding tert-OH is 2. The Bertz CT molecular complexity index is 554. The molecule has 0 aliphatic rings. The van der Waals surface area contributed by atoms with Crippen molar-refractivity contribution >= 4 is 0 Å². The highest BCUT2D eigenvalue weighted by Gasteiger charge is 2.32. The monoisotopic (exact) mass is 270 g/mol. The fourth-order valence-electron chi connectivity index (χ4n) is 2.69. The molecule has 0 unspecified atom stereocenters. The smallest absolute Gasteiger partial charge is 0.0553 e. The summed E-state index contributed by atoms with van der Waals surface area (Å²) in [5.74, 6) is 0. The van der Waals surface area contributed by atoms with Gasteiger partial charge in [-0.1, -0.05) is 54.1 Å². The van der Waals surface area contributed by atoms with Crippen LogP contribution in [0.1, 0.15) is 22.3 Å². The lowest BCUT2D eigenvalue weighted by Gasteiger charge is -2.32. The van der Waals surface area contributed by atoms with E-state index < -0.39 is 5.41 Å². The van der Waals surface area contributed by atoms with Gasteiger partial charge >= 0.3 is 0 Å². The molecule has 0 fully saturated rings. The van der Waals surface area contributed by atoms with Crippen molar-refractivity contribution in [2.45, 2.75) is 25.7 Å². The Kier molecular flexibility index (Phi) is 4.58. The predicted octanol–water partition coefficient (Wildman–Crippen LogP) is 2.77. The third-order valence-electron chi connectivity index (χ3n) is 3.98. The molecule has 0 bridgehead atoms. The van der Waals surface area contributed by atoms with Crippen molar-refractivity contribution in [3.63, 3.8) is 0 Å². The first kappa shape index (κ1) is 14.8. The third kappa shape index (κ3) is 2.92. The van der Waals surface area contributed by atoms with Gasteiger partial charge < -0.3 is 10.2 Å². The lowest BCUT2D eigenvalue weighted by Crippen LogP contribution is -2.38. The van der Waals surface area contributed by atoms with E-state index in [1.807, 2.05) is 31.2 Å². The topological polar surface area (TPSA) is 40.5 Å². The molecular weight excluding hydrogens is 248 g/mol. The summed E-state index contributed by atoms with van der Waals surface area (Å²) in [4.78, 5) is 0. The summed E-state index contributed by atoms with van der Waals surface area (Å²) in [6, 6.07) is 16.2. The fraction of sp³-hybridized carbons (Fsp3) is 0.333. The van der Waals surface area contributed by atoms with Crippen LogP contribution >= 0.6 is 0 Å². The molecule has 2 nitrogen and oxygen atoms in total. The minimum Gasteiger partial charge on any atom is -0.395 e. The second-order valence-electron chi connectivity index (χ2n) is 5.57. The Labute approximate surface area is 120 Å². The summed E-state index contributed by atoms with van der Waals surface area (Å²) in [5.41, 5.74) is 3.83. The fourth-order valence-corrected chi connectivity index (χ4v) is 2.69. The van der Waals surface area contributed by atoms with Gasteiger partial charge in [-0.3, -0.25) is 0 Å². The molecule has 106 valence electrons. The molecule has 0 aromatic heterocycles. The number of rotatable bonds is 5. The summed E-state index contributed by atoms with van der Waals surface area (Å²) in [5, 5.41) is 19.8. The van der Waals surface area contributed by atoms with Crippen LogP contribution in [-0.4, -0.2) is 23.4 Å². The van der Waals surface area contributed by atoms with Crippen molar-refractivity contribution in [3.8, 4) is 0 Å². The third-order valence-corrected chi connectivity index (χ3v) is 3.98. The zero-order valence-electron chi connectivity index (χ0n) is 12.1. The molecule has 0 radical (unpaired) electrons. The van der Waals surface area contributed by atoms with E-state index in [4.69, 9.17) is 0 Å². The van der Waals surface area contributed by atoms with Gasteiger partial charge in [-0.2, -0.15) is 0 Å². The molecule has 0 saturated carbocycles. The lowest BCUT2D eigenvalue weighted by molar-refractivity contribution is 0.116. The molecule has 2 N–H and O–H groups in total. The molecule has 0 atom stereocenters. The van der Waals surface area contributed by atoms with Gasteiger partial charge in [0.05, 0.1) is 13.2 Å². The molecular formula is C18H22O2. The van der Waals surface area contributed by atoms with E-state index in [2.05, 4.69) is 31.2 Å². The maximum Gasteiger partial charge on any atom is 0.0553 e. The summed E-state index contributed by atoms with van der Waals surface area (Å²) < 4.78 is 0. The molecule has 0 spiro atoms. The average molecular weight is 270 g/mol. The largest absolute Gasteiger partial charge is 0.395 e. The molecule has 0 saturated heterocycles. The van der Waals surface area contributed by atoms with E-state index in [9.17, 15) is 10.2 Å². The van der Waals surface area contributed by atoms with Crippen LogP contribution < -0.4 is 0 Å². The van der Waals surface area contributed by atoms with Gasteiger partial charge in [-0.05, 0) is 37.0 Å². The highest BCUT2D eigenvalue weighted by atomic mass is 16.3. The van der Waals surface area contributed by atoms with Crippen molar-refractivity contribution in [1.29, 1.82) is 0 Å². The van der Waals surface area contributed by atoms with Gasteiger partial charge in [0, 0.05) is 5.41 Å². The average Bonchev–Trinajstić information content (AvgIpc) is 2.48. The normalized spacial score (nSPS) is 11.6. The zero-order valence-corrected chi connectivity index (χ0v) is 12.1. The lowest BCUT2D eigenvalue weighted by atomic mass is 9.75. The Morgan fingerprint density at radius 3 is 2.00 bits per heavy atom. The first-order valence-corrected chi connectivity index (χ1v) is 6.95. The minimum atomic E-state index is -0.624. The van der Waals surface area contributed by atoms with E-state index in [1.165, 1.54) is 5.56 Å². The van der Waals surface area contributed by atoms with Crippen molar-refractivity contribution < 1.29 is 10.2 Å². The maximum atomic E-state index is 9.91. The Morgan fingerprint density at radius 1 is 0.850 bits per heavy atom. The molecule has 2 aromatic carbocycles. The summed E-state index contributed by atoms with van der Waals surface area (Å²) >= 11 is 0. The van der Waals surface area contributed by atoms with Crippen molar-refractivity contribution in [2.75, 3.05) is 13.2 Å². The van der Waals surface area contributed by atoms with Crippen LogP contribution in [0.25, 0.3) is 0 Å². The van der Waals surface area contributed by atoms with Crippen LogP contribution in [0.15, 0.2) is 48.5 Å². The number of hydrogen-bond donors (Lipinski definition) is 2.